The van der Waals surface area contributed by atoms with E-state index in [0.717, 1.165) is 18.4 Å². The SMILES string of the molecule is CCCCn1nc(C)c(C(=O)O[C@H](C)C(=O)Nc2cc(Cl)ccc2C)c1Cl. The molecule has 2 rings (SSSR count). The first-order chi connectivity index (χ1) is 12.7. The van der Waals surface area contributed by atoms with Crippen molar-refractivity contribution in [1.82, 2.24) is 9.78 Å². The fourth-order valence-corrected chi connectivity index (χ4v) is 2.99. The van der Waals surface area contributed by atoms with Crippen LogP contribution in [0.4, 0.5) is 5.69 Å². The molecule has 0 saturated heterocycles. The number of aryl methyl sites for hydroxylation is 3. The summed E-state index contributed by atoms with van der Waals surface area (Å²) >= 11 is 12.2. The normalized spacial score (nSPS) is 11.9. The third kappa shape index (κ3) is 5.23. The van der Waals surface area contributed by atoms with E-state index < -0.39 is 18.0 Å². The zero-order chi connectivity index (χ0) is 20.1. The van der Waals surface area contributed by atoms with E-state index in [4.69, 9.17) is 27.9 Å². The number of esters is 1. The zero-order valence-corrected chi connectivity index (χ0v) is 17.3. The van der Waals surface area contributed by atoms with Gasteiger partial charge in [-0.1, -0.05) is 42.6 Å². The van der Waals surface area contributed by atoms with Crippen molar-refractivity contribution in [3.8, 4) is 0 Å². The van der Waals surface area contributed by atoms with Crippen molar-refractivity contribution in [3.05, 3.63) is 45.2 Å². The molecule has 0 aliphatic carbocycles. The molecule has 146 valence electrons. The maximum atomic E-state index is 12.5. The van der Waals surface area contributed by atoms with Gasteiger partial charge < -0.3 is 10.1 Å². The average molecular weight is 412 g/mol. The Hall–Kier alpha value is -2.05. The Bertz CT molecular complexity index is 849. The van der Waals surface area contributed by atoms with Crippen LogP contribution >= 0.6 is 23.2 Å². The van der Waals surface area contributed by atoms with Gasteiger partial charge in [-0.25, -0.2) is 4.79 Å². The number of hydrogen-bond acceptors (Lipinski definition) is 4. The molecule has 1 amide bonds. The molecule has 1 N–H and O–H groups in total. The number of nitrogens with one attached hydrogen (secondary N) is 1. The topological polar surface area (TPSA) is 73.2 Å². The van der Waals surface area contributed by atoms with Crippen LogP contribution in [0.2, 0.25) is 10.2 Å². The van der Waals surface area contributed by atoms with Gasteiger partial charge in [0.15, 0.2) is 6.10 Å². The molecule has 27 heavy (non-hydrogen) atoms. The minimum absolute atomic E-state index is 0.186. The zero-order valence-electron chi connectivity index (χ0n) is 15.8. The van der Waals surface area contributed by atoms with E-state index in [-0.39, 0.29) is 10.7 Å². The van der Waals surface area contributed by atoms with Crippen molar-refractivity contribution in [3.63, 3.8) is 0 Å². The van der Waals surface area contributed by atoms with Crippen LogP contribution in [-0.2, 0) is 16.1 Å². The van der Waals surface area contributed by atoms with Crippen molar-refractivity contribution in [2.75, 3.05) is 5.32 Å². The van der Waals surface area contributed by atoms with Crippen LogP contribution in [0.15, 0.2) is 18.2 Å². The molecular formula is C19H23Cl2N3O3. The first-order valence-electron chi connectivity index (χ1n) is 8.75. The van der Waals surface area contributed by atoms with Gasteiger partial charge in [-0.05, 0) is 44.9 Å². The van der Waals surface area contributed by atoms with Gasteiger partial charge in [-0.2, -0.15) is 5.10 Å². The maximum absolute atomic E-state index is 12.5. The molecule has 1 heterocycles. The molecule has 8 heteroatoms. The number of carbonyl (C=O) groups excluding carboxylic acids is 2. The highest BCUT2D eigenvalue weighted by atomic mass is 35.5. The van der Waals surface area contributed by atoms with Gasteiger partial charge in [0.05, 0.1) is 5.69 Å². The minimum atomic E-state index is -1.01. The van der Waals surface area contributed by atoms with E-state index in [1.54, 1.807) is 29.8 Å². The van der Waals surface area contributed by atoms with Crippen LogP contribution in [0.5, 0.6) is 0 Å². The Morgan fingerprint density at radius 1 is 1.30 bits per heavy atom. The lowest BCUT2D eigenvalue weighted by atomic mass is 10.2. The molecular weight excluding hydrogens is 389 g/mol. The second-order valence-corrected chi connectivity index (χ2v) is 7.12. The highest BCUT2D eigenvalue weighted by Crippen LogP contribution is 2.23. The van der Waals surface area contributed by atoms with Crippen LogP contribution < -0.4 is 5.32 Å². The molecule has 0 spiro atoms. The van der Waals surface area contributed by atoms with Gasteiger partial charge in [-0.3, -0.25) is 9.48 Å². The van der Waals surface area contributed by atoms with Crippen molar-refractivity contribution in [2.24, 2.45) is 0 Å². The van der Waals surface area contributed by atoms with E-state index in [0.29, 0.717) is 22.9 Å². The quantitative estimate of drug-likeness (QED) is 0.664. The molecule has 0 aliphatic heterocycles. The number of hydrogen-bond donors (Lipinski definition) is 1. The molecule has 0 fully saturated rings. The van der Waals surface area contributed by atoms with Crippen LogP contribution in [0.1, 0.15) is 48.3 Å². The summed E-state index contributed by atoms with van der Waals surface area (Å²) in [7, 11) is 0. The van der Waals surface area contributed by atoms with E-state index in [1.165, 1.54) is 6.92 Å². The number of carbonyl (C=O) groups is 2. The van der Waals surface area contributed by atoms with Crippen molar-refractivity contribution < 1.29 is 14.3 Å². The number of nitrogens with zero attached hydrogens (tertiary/aromatic N) is 2. The first-order valence-corrected chi connectivity index (χ1v) is 9.51. The van der Waals surface area contributed by atoms with Crippen molar-refractivity contribution in [2.45, 2.75) is 53.2 Å². The number of ether oxygens (including phenoxy) is 1. The number of aromatic nitrogens is 2. The van der Waals surface area contributed by atoms with Crippen LogP contribution in [0, 0.1) is 13.8 Å². The third-order valence-electron chi connectivity index (χ3n) is 4.10. The van der Waals surface area contributed by atoms with Crippen molar-refractivity contribution >= 4 is 40.8 Å². The van der Waals surface area contributed by atoms with Gasteiger partial charge in [0.2, 0.25) is 0 Å². The number of unbranched alkanes of at least 4 members (excludes halogenated alkanes) is 1. The molecule has 0 radical (unpaired) electrons. The summed E-state index contributed by atoms with van der Waals surface area (Å²) in [6.07, 6.45) is 0.868. The molecule has 0 saturated carbocycles. The molecule has 2 aromatic rings. The number of anilines is 1. The van der Waals surface area contributed by atoms with Crippen LogP contribution in [-0.4, -0.2) is 27.8 Å². The summed E-state index contributed by atoms with van der Waals surface area (Å²) in [6, 6.07) is 5.17. The van der Waals surface area contributed by atoms with Gasteiger partial charge in [0.25, 0.3) is 5.91 Å². The van der Waals surface area contributed by atoms with Gasteiger partial charge in [0, 0.05) is 17.3 Å². The molecule has 6 nitrogen and oxygen atoms in total. The molecule has 0 unspecified atom stereocenters. The summed E-state index contributed by atoms with van der Waals surface area (Å²) in [5, 5.41) is 7.72. The Morgan fingerprint density at radius 3 is 2.67 bits per heavy atom. The molecule has 1 aromatic carbocycles. The second-order valence-electron chi connectivity index (χ2n) is 6.32. The Morgan fingerprint density at radius 2 is 2.00 bits per heavy atom. The largest absolute Gasteiger partial charge is 0.449 e. The molecule has 1 atom stereocenters. The fourth-order valence-electron chi connectivity index (χ4n) is 2.48. The number of amides is 1. The standard InChI is InChI=1S/C19H23Cl2N3O3/c1-5-6-9-24-17(21)16(12(3)23-24)19(26)27-13(4)18(25)22-15-10-14(20)8-7-11(15)2/h7-8,10,13H,5-6,9H2,1-4H3,(H,22,25)/t13-/m1/s1. The smallest absolute Gasteiger partial charge is 0.343 e. The highest BCUT2D eigenvalue weighted by Gasteiger charge is 2.25. The fraction of sp³-hybridized carbons (Fsp3) is 0.421. The molecule has 1 aromatic heterocycles. The number of benzene rings is 1. The third-order valence-corrected chi connectivity index (χ3v) is 4.72. The predicted molar refractivity (Wildman–Crippen MR) is 107 cm³/mol. The second kappa shape index (κ2) is 9.24. The average Bonchev–Trinajstić information content (AvgIpc) is 2.89. The first kappa shape index (κ1) is 21.3. The van der Waals surface area contributed by atoms with E-state index in [1.807, 2.05) is 6.92 Å². The molecule has 0 aliphatic rings. The minimum Gasteiger partial charge on any atom is -0.449 e. The Kier molecular flexibility index (Phi) is 7.27. The van der Waals surface area contributed by atoms with Gasteiger partial charge >= 0.3 is 5.97 Å². The lowest BCUT2D eigenvalue weighted by Gasteiger charge is -2.15. The van der Waals surface area contributed by atoms with Crippen LogP contribution in [0.3, 0.4) is 0 Å². The van der Waals surface area contributed by atoms with Crippen LogP contribution in [0.25, 0.3) is 0 Å². The molecule has 0 bridgehead atoms. The summed E-state index contributed by atoms with van der Waals surface area (Å²) in [4.78, 5) is 24.9. The van der Waals surface area contributed by atoms with Gasteiger partial charge in [0.1, 0.15) is 10.7 Å². The lowest BCUT2D eigenvalue weighted by molar-refractivity contribution is -0.123. The summed E-state index contributed by atoms with van der Waals surface area (Å²) < 4.78 is 6.88. The number of halogens is 2. The Balaban J connectivity index is 2.07. The Labute approximate surface area is 168 Å². The summed E-state index contributed by atoms with van der Waals surface area (Å²) in [5.74, 6) is -1.13. The predicted octanol–water partition coefficient (Wildman–Crippen LogP) is 4.79. The monoisotopic (exact) mass is 411 g/mol. The summed E-state index contributed by atoms with van der Waals surface area (Å²) in [5.41, 5.74) is 2.07. The van der Waals surface area contributed by atoms with Crippen molar-refractivity contribution in [1.29, 1.82) is 0 Å². The number of rotatable bonds is 7. The highest BCUT2D eigenvalue weighted by molar-refractivity contribution is 6.32. The summed E-state index contributed by atoms with van der Waals surface area (Å²) in [6.45, 7) is 7.70. The lowest BCUT2D eigenvalue weighted by Crippen LogP contribution is -2.30. The van der Waals surface area contributed by atoms with E-state index in [2.05, 4.69) is 17.3 Å². The maximum Gasteiger partial charge on any atom is 0.343 e. The van der Waals surface area contributed by atoms with E-state index in [9.17, 15) is 9.59 Å². The van der Waals surface area contributed by atoms with E-state index >= 15 is 0 Å². The van der Waals surface area contributed by atoms with Gasteiger partial charge in [-0.15, -0.1) is 0 Å².